The predicted molar refractivity (Wildman–Crippen MR) is 80.8 cm³/mol. The molecule has 0 unspecified atom stereocenters. The molecule has 0 atom stereocenters. The number of hydrogen-bond donors (Lipinski definition) is 0. The van der Waals surface area contributed by atoms with E-state index in [9.17, 15) is 17.6 Å². The van der Waals surface area contributed by atoms with Crippen molar-refractivity contribution in [2.45, 2.75) is 18.1 Å². The average Bonchev–Trinajstić information content (AvgIpc) is 3.32. The van der Waals surface area contributed by atoms with Crippen molar-refractivity contribution < 1.29 is 17.6 Å². The largest absolute Gasteiger partial charge is 0.336 e. The summed E-state index contributed by atoms with van der Waals surface area (Å²) in [6.45, 7) is 0.984. The molecule has 2 fully saturated rings. The van der Waals surface area contributed by atoms with Crippen molar-refractivity contribution in [3.8, 4) is 0 Å². The van der Waals surface area contributed by atoms with Crippen molar-refractivity contribution >= 4 is 27.5 Å². The van der Waals surface area contributed by atoms with E-state index in [4.69, 9.17) is 11.6 Å². The van der Waals surface area contributed by atoms with E-state index < -0.39 is 21.7 Å². The molecule has 1 saturated heterocycles. The number of benzene rings is 1. The molecule has 0 N–H and O–H groups in total. The predicted octanol–water partition coefficient (Wildman–Crippen LogP) is 1.73. The van der Waals surface area contributed by atoms with Gasteiger partial charge in [-0.25, -0.2) is 12.8 Å². The van der Waals surface area contributed by atoms with Crippen molar-refractivity contribution in [3.63, 3.8) is 0 Å². The van der Waals surface area contributed by atoms with Gasteiger partial charge in [0.25, 0.3) is 5.91 Å². The van der Waals surface area contributed by atoms with E-state index >= 15 is 0 Å². The maximum Gasteiger partial charge on any atom is 0.258 e. The van der Waals surface area contributed by atoms with Crippen molar-refractivity contribution in [3.05, 3.63) is 34.6 Å². The molecule has 1 aromatic rings. The number of amides is 1. The summed E-state index contributed by atoms with van der Waals surface area (Å²) in [5, 5.41) is -0.186. The minimum absolute atomic E-state index is 0.0676. The van der Waals surface area contributed by atoms with Crippen LogP contribution in [-0.4, -0.2) is 55.0 Å². The van der Waals surface area contributed by atoms with Crippen molar-refractivity contribution in [1.29, 1.82) is 0 Å². The van der Waals surface area contributed by atoms with Gasteiger partial charge in [0, 0.05) is 26.2 Å². The van der Waals surface area contributed by atoms with Gasteiger partial charge in [-0.15, -0.1) is 0 Å². The number of rotatable bonds is 3. The van der Waals surface area contributed by atoms with Crippen molar-refractivity contribution in [2.24, 2.45) is 0 Å². The Bertz CT molecular complexity index is 678. The number of sulfonamides is 1. The van der Waals surface area contributed by atoms with Crippen LogP contribution in [-0.2, 0) is 10.0 Å². The molecule has 1 saturated carbocycles. The lowest BCUT2D eigenvalue weighted by Crippen LogP contribution is -2.51. The van der Waals surface area contributed by atoms with E-state index in [1.54, 1.807) is 0 Å². The van der Waals surface area contributed by atoms with Crippen LogP contribution in [0.3, 0.4) is 0 Å². The van der Waals surface area contributed by atoms with Gasteiger partial charge >= 0.3 is 0 Å². The Morgan fingerprint density at radius 2 is 1.82 bits per heavy atom. The van der Waals surface area contributed by atoms with Gasteiger partial charge in [-0.05, 0) is 25.0 Å². The zero-order valence-electron chi connectivity index (χ0n) is 11.8. The van der Waals surface area contributed by atoms with E-state index in [0.717, 1.165) is 0 Å². The standard InChI is InChI=1S/C14H16ClFN2O3S/c15-11-2-1-3-12(16)13(11)14(19)17-6-8-18(9-7-17)22(20,21)10-4-5-10/h1-3,10H,4-9H2. The quantitative estimate of drug-likeness (QED) is 0.837. The monoisotopic (exact) mass is 346 g/mol. The first-order valence-corrected chi connectivity index (χ1v) is 9.01. The second kappa shape index (κ2) is 5.79. The fraction of sp³-hybridized carbons (Fsp3) is 0.500. The van der Waals surface area contributed by atoms with Gasteiger partial charge in [0.15, 0.2) is 0 Å². The molecule has 0 bridgehead atoms. The van der Waals surface area contributed by atoms with Crippen LogP contribution in [0.1, 0.15) is 23.2 Å². The Balaban J connectivity index is 1.70. The van der Waals surface area contributed by atoms with Gasteiger partial charge in [0.1, 0.15) is 5.82 Å². The molecule has 120 valence electrons. The molecule has 0 radical (unpaired) electrons. The van der Waals surface area contributed by atoms with Gasteiger partial charge in [-0.3, -0.25) is 4.79 Å². The summed E-state index contributed by atoms with van der Waals surface area (Å²) in [5.74, 6) is -1.16. The van der Waals surface area contributed by atoms with E-state index in [0.29, 0.717) is 12.8 Å². The molecular formula is C14H16ClFN2O3S. The molecule has 5 nitrogen and oxygen atoms in total. The summed E-state index contributed by atoms with van der Waals surface area (Å²) in [5.41, 5.74) is -0.150. The summed E-state index contributed by atoms with van der Waals surface area (Å²) >= 11 is 5.90. The number of nitrogens with zero attached hydrogens (tertiary/aromatic N) is 2. The number of carbonyl (C=O) groups excluding carboxylic acids is 1. The second-order valence-electron chi connectivity index (χ2n) is 5.53. The molecule has 2 aliphatic rings. The molecule has 1 aliphatic heterocycles. The van der Waals surface area contributed by atoms with Gasteiger partial charge in [0.2, 0.25) is 10.0 Å². The zero-order valence-corrected chi connectivity index (χ0v) is 13.4. The minimum Gasteiger partial charge on any atom is -0.336 e. The van der Waals surface area contributed by atoms with Crippen molar-refractivity contribution in [1.82, 2.24) is 9.21 Å². The number of halogens is 2. The molecule has 1 aliphatic carbocycles. The van der Waals surface area contributed by atoms with Crippen molar-refractivity contribution in [2.75, 3.05) is 26.2 Å². The number of carbonyl (C=O) groups is 1. The average molecular weight is 347 g/mol. The first kappa shape index (κ1) is 15.7. The Kier molecular flexibility index (Phi) is 4.13. The Hall–Kier alpha value is -1.18. The highest BCUT2D eigenvalue weighted by Gasteiger charge is 2.41. The van der Waals surface area contributed by atoms with E-state index in [1.807, 2.05) is 0 Å². The van der Waals surface area contributed by atoms with Crippen LogP contribution in [0.4, 0.5) is 4.39 Å². The van der Waals surface area contributed by atoms with Gasteiger partial charge in [-0.1, -0.05) is 17.7 Å². The van der Waals surface area contributed by atoms with Gasteiger partial charge in [0.05, 0.1) is 15.8 Å². The highest BCUT2D eigenvalue weighted by Crippen LogP contribution is 2.31. The molecule has 0 aromatic heterocycles. The normalized spacial score (nSPS) is 20.2. The first-order valence-electron chi connectivity index (χ1n) is 7.13. The van der Waals surface area contributed by atoms with Crippen LogP contribution in [0.2, 0.25) is 5.02 Å². The number of hydrogen-bond acceptors (Lipinski definition) is 3. The molecular weight excluding hydrogens is 331 g/mol. The SMILES string of the molecule is O=C(c1c(F)cccc1Cl)N1CCN(S(=O)(=O)C2CC2)CC1. The molecule has 22 heavy (non-hydrogen) atoms. The Morgan fingerprint density at radius 3 is 2.36 bits per heavy atom. The van der Waals surface area contributed by atoms with Gasteiger partial charge in [-0.2, -0.15) is 4.31 Å². The summed E-state index contributed by atoms with van der Waals surface area (Å²) < 4.78 is 39.5. The highest BCUT2D eigenvalue weighted by atomic mass is 35.5. The second-order valence-corrected chi connectivity index (χ2v) is 8.15. The first-order chi connectivity index (χ1) is 10.4. The molecule has 1 amide bonds. The summed E-state index contributed by atoms with van der Waals surface area (Å²) in [4.78, 5) is 13.8. The fourth-order valence-electron chi connectivity index (χ4n) is 2.58. The molecule has 1 heterocycles. The van der Waals surface area contributed by atoms with Crippen LogP contribution in [0.15, 0.2) is 18.2 Å². The minimum atomic E-state index is -3.22. The van der Waals surface area contributed by atoms with Crippen LogP contribution >= 0.6 is 11.6 Å². The van der Waals surface area contributed by atoms with E-state index in [1.165, 1.54) is 27.4 Å². The third-order valence-corrected chi connectivity index (χ3v) is 6.72. The Labute approximate surface area is 133 Å². The molecule has 0 spiro atoms. The third-order valence-electron chi connectivity index (χ3n) is 4.01. The summed E-state index contributed by atoms with van der Waals surface area (Å²) in [6, 6.07) is 4.09. The van der Waals surface area contributed by atoms with E-state index in [-0.39, 0.29) is 42.0 Å². The maximum atomic E-state index is 13.8. The van der Waals surface area contributed by atoms with E-state index in [2.05, 4.69) is 0 Å². The van der Waals surface area contributed by atoms with Crippen LogP contribution < -0.4 is 0 Å². The maximum absolute atomic E-state index is 13.8. The lowest BCUT2D eigenvalue weighted by atomic mass is 10.1. The van der Waals surface area contributed by atoms with Crippen LogP contribution in [0.5, 0.6) is 0 Å². The van der Waals surface area contributed by atoms with Crippen LogP contribution in [0, 0.1) is 5.82 Å². The smallest absolute Gasteiger partial charge is 0.258 e. The fourth-order valence-corrected chi connectivity index (χ4v) is 4.65. The summed E-state index contributed by atoms with van der Waals surface area (Å²) in [6.07, 6.45) is 1.43. The molecule has 1 aromatic carbocycles. The molecule has 3 rings (SSSR count). The Morgan fingerprint density at radius 1 is 1.18 bits per heavy atom. The highest BCUT2D eigenvalue weighted by molar-refractivity contribution is 7.90. The topological polar surface area (TPSA) is 57.7 Å². The molecule has 8 heteroatoms. The van der Waals surface area contributed by atoms with Crippen LogP contribution in [0.25, 0.3) is 0 Å². The zero-order chi connectivity index (χ0) is 15.9. The van der Waals surface area contributed by atoms with Gasteiger partial charge < -0.3 is 4.90 Å². The summed E-state index contributed by atoms with van der Waals surface area (Å²) in [7, 11) is -3.22. The lowest BCUT2D eigenvalue weighted by Gasteiger charge is -2.34. The number of piperazine rings is 1. The lowest BCUT2D eigenvalue weighted by molar-refractivity contribution is 0.0693. The third kappa shape index (κ3) is 2.85.